The number of hydrogen-bond acceptors (Lipinski definition) is 3. The van der Waals surface area contributed by atoms with Crippen LogP contribution in [0.2, 0.25) is 0 Å². The minimum Gasteiger partial charge on any atom is -0.486 e. The second kappa shape index (κ2) is 4.92. The fourth-order valence-electron chi connectivity index (χ4n) is 3.02. The zero-order valence-electron chi connectivity index (χ0n) is 11.6. The summed E-state index contributed by atoms with van der Waals surface area (Å²) >= 11 is 0. The summed E-state index contributed by atoms with van der Waals surface area (Å²) in [6.07, 6.45) is 0.924. The van der Waals surface area contributed by atoms with E-state index >= 15 is 0 Å². The molecule has 2 unspecified atom stereocenters. The zero-order chi connectivity index (χ0) is 14.2. The highest BCUT2D eigenvalue weighted by Gasteiger charge is 2.45. The second-order valence-corrected chi connectivity index (χ2v) is 5.55. The minimum atomic E-state index is 0.0735. The SMILES string of the molecule is O=C(c1cccc2c1OCCO2)C1CC1c1ccccc1. The highest BCUT2D eigenvalue weighted by Crippen LogP contribution is 2.50. The highest BCUT2D eigenvalue weighted by atomic mass is 16.6. The summed E-state index contributed by atoms with van der Waals surface area (Å²) in [7, 11) is 0. The summed E-state index contributed by atoms with van der Waals surface area (Å²) in [4.78, 5) is 12.7. The van der Waals surface area contributed by atoms with Crippen molar-refractivity contribution in [2.75, 3.05) is 13.2 Å². The molecule has 2 atom stereocenters. The van der Waals surface area contributed by atoms with Gasteiger partial charge in [-0.05, 0) is 30.0 Å². The molecule has 0 spiro atoms. The molecule has 0 aromatic heterocycles. The van der Waals surface area contributed by atoms with Gasteiger partial charge in [0, 0.05) is 5.92 Å². The number of ketones is 1. The predicted octanol–water partition coefficient (Wildman–Crippen LogP) is 3.44. The molecule has 2 aliphatic rings. The molecule has 2 aromatic carbocycles. The quantitative estimate of drug-likeness (QED) is 0.808. The first kappa shape index (κ1) is 12.5. The molecule has 21 heavy (non-hydrogen) atoms. The molecular weight excluding hydrogens is 264 g/mol. The minimum absolute atomic E-state index is 0.0735. The normalized spacial score (nSPS) is 22.7. The molecule has 0 saturated heterocycles. The fraction of sp³-hybridized carbons (Fsp3) is 0.278. The number of ether oxygens (including phenoxy) is 2. The third-order valence-electron chi connectivity index (χ3n) is 4.19. The van der Waals surface area contributed by atoms with Crippen LogP contribution < -0.4 is 9.47 Å². The summed E-state index contributed by atoms with van der Waals surface area (Å²) in [5, 5.41) is 0. The summed E-state index contributed by atoms with van der Waals surface area (Å²) in [6, 6.07) is 15.8. The van der Waals surface area contributed by atoms with Crippen molar-refractivity contribution >= 4 is 5.78 Å². The lowest BCUT2D eigenvalue weighted by atomic mass is 10.0. The largest absolute Gasteiger partial charge is 0.486 e. The lowest BCUT2D eigenvalue weighted by Gasteiger charge is -2.20. The Morgan fingerprint density at radius 2 is 1.76 bits per heavy atom. The first-order valence-electron chi connectivity index (χ1n) is 7.32. The van der Waals surface area contributed by atoms with Crippen LogP contribution in [0.25, 0.3) is 0 Å². The molecule has 1 heterocycles. The van der Waals surface area contributed by atoms with Crippen LogP contribution in [0.5, 0.6) is 11.5 Å². The van der Waals surface area contributed by atoms with E-state index in [-0.39, 0.29) is 11.7 Å². The van der Waals surface area contributed by atoms with E-state index in [1.165, 1.54) is 5.56 Å². The lowest BCUT2D eigenvalue weighted by Crippen LogP contribution is -2.18. The Morgan fingerprint density at radius 1 is 0.952 bits per heavy atom. The number of carbonyl (C=O) groups is 1. The molecule has 4 rings (SSSR count). The maximum Gasteiger partial charge on any atom is 0.172 e. The van der Waals surface area contributed by atoms with Gasteiger partial charge in [0.2, 0.25) is 0 Å². The van der Waals surface area contributed by atoms with E-state index in [2.05, 4.69) is 12.1 Å². The number of Topliss-reactive ketones (excluding diaryl/α,β-unsaturated/α-hetero) is 1. The van der Waals surface area contributed by atoms with Gasteiger partial charge in [-0.2, -0.15) is 0 Å². The second-order valence-electron chi connectivity index (χ2n) is 5.55. The third kappa shape index (κ3) is 2.19. The molecule has 2 aromatic rings. The zero-order valence-corrected chi connectivity index (χ0v) is 11.6. The lowest BCUT2D eigenvalue weighted by molar-refractivity contribution is 0.0954. The molecule has 0 radical (unpaired) electrons. The topological polar surface area (TPSA) is 35.5 Å². The predicted molar refractivity (Wildman–Crippen MR) is 79.1 cm³/mol. The van der Waals surface area contributed by atoms with Crippen LogP contribution in [0.15, 0.2) is 48.5 Å². The van der Waals surface area contributed by atoms with E-state index in [1.807, 2.05) is 36.4 Å². The number of carbonyl (C=O) groups excluding carboxylic acids is 1. The average molecular weight is 280 g/mol. The van der Waals surface area contributed by atoms with Crippen LogP contribution in [-0.4, -0.2) is 19.0 Å². The maximum absolute atomic E-state index is 12.7. The first-order chi connectivity index (χ1) is 10.3. The molecule has 0 amide bonds. The molecule has 1 aliphatic carbocycles. The summed E-state index contributed by atoms with van der Waals surface area (Å²) in [5.41, 5.74) is 1.91. The van der Waals surface area contributed by atoms with Crippen molar-refractivity contribution in [1.82, 2.24) is 0 Å². The van der Waals surface area contributed by atoms with Crippen LogP contribution in [0.3, 0.4) is 0 Å². The highest BCUT2D eigenvalue weighted by molar-refractivity contribution is 6.03. The van der Waals surface area contributed by atoms with Gasteiger partial charge in [-0.3, -0.25) is 4.79 Å². The summed E-state index contributed by atoms with van der Waals surface area (Å²) in [5.74, 6) is 1.89. The number of para-hydroxylation sites is 1. The Labute approximate surface area is 123 Å². The monoisotopic (exact) mass is 280 g/mol. The number of hydrogen-bond donors (Lipinski definition) is 0. The molecule has 3 heteroatoms. The Morgan fingerprint density at radius 3 is 2.62 bits per heavy atom. The Balaban J connectivity index is 1.60. The van der Waals surface area contributed by atoms with Crippen LogP contribution in [-0.2, 0) is 0 Å². The van der Waals surface area contributed by atoms with Gasteiger partial charge in [-0.1, -0.05) is 36.4 Å². The number of benzene rings is 2. The van der Waals surface area contributed by atoms with Gasteiger partial charge in [0.15, 0.2) is 17.3 Å². The first-order valence-corrected chi connectivity index (χ1v) is 7.32. The number of rotatable bonds is 3. The van der Waals surface area contributed by atoms with E-state index < -0.39 is 0 Å². The van der Waals surface area contributed by atoms with Crippen LogP contribution in [0.4, 0.5) is 0 Å². The van der Waals surface area contributed by atoms with E-state index in [0.29, 0.717) is 36.2 Å². The van der Waals surface area contributed by atoms with Gasteiger partial charge in [0.1, 0.15) is 13.2 Å². The van der Waals surface area contributed by atoms with Crippen molar-refractivity contribution in [3.63, 3.8) is 0 Å². The molecule has 106 valence electrons. The van der Waals surface area contributed by atoms with Gasteiger partial charge in [0.05, 0.1) is 5.56 Å². The summed E-state index contributed by atoms with van der Waals surface area (Å²) < 4.78 is 11.2. The van der Waals surface area contributed by atoms with Crippen molar-refractivity contribution in [2.45, 2.75) is 12.3 Å². The van der Waals surface area contributed by atoms with E-state index in [0.717, 1.165) is 6.42 Å². The summed E-state index contributed by atoms with van der Waals surface area (Å²) in [6.45, 7) is 1.05. The van der Waals surface area contributed by atoms with Gasteiger partial charge in [-0.15, -0.1) is 0 Å². The molecular formula is C18H16O3. The molecule has 1 fully saturated rings. The maximum atomic E-state index is 12.7. The van der Waals surface area contributed by atoms with Crippen molar-refractivity contribution in [2.24, 2.45) is 5.92 Å². The van der Waals surface area contributed by atoms with Crippen molar-refractivity contribution in [3.8, 4) is 11.5 Å². The van der Waals surface area contributed by atoms with Crippen molar-refractivity contribution in [3.05, 3.63) is 59.7 Å². The standard InChI is InChI=1S/C18H16O3/c19-17(15-11-14(15)12-5-2-1-3-6-12)13-7-4-8-16-18(13)21-10-9-20-16/h1-8,14-15H,9-11H2. The number of fused-ring (bicyclic) bond motifs is 1. The fourth-order valence-corrected chi connectivity index (χ4v) is 3.02. The van der Waals surface area contributed by atoms with Crippen molar-refractivity contribution < 1.29 is 14.3 Å². The van der Waals surface area contributed by atoms with E-state index in [9.17, 15) is 4.79 Å². The molecule has 1 aliphatic heterocycles. The molecule has 0 N–H and O–H groups in total. The molecule has 0 bridgehead atoms. The van der Waals surface area contributed by atoms with E-state index in [4.69, 9.17) is 9.47 Å². The Kier molecular flexibility index (Phi) is 2.92. The Bertz CT molecular complexity index is 678. The van der Waals surface area contributed by atoms with Gasteiger partial charge >= 0.3 is 0 Å². The van der Waals surface area contributed by atoms with Crippen LogP contribution in [0.1, 0.15) is 28.3 Å². The average Bonchev–Trinajstić information content (AvgIpc) is 3.35. The molecule has 1 saturated carbocycles. The molecule has 3 nitrogen and oxygen atoms in total. The van der Waals surface area contributed by atoms with Crippen LogP contribution >= 0.6 is 0 Å². The van der Waals surface area contributed by atoms with Gasteiger partial charge in [-0.25, -0.2) is 0 Å². The van der Waals surface area contributed by atoms with Crippen LogP contribution in [0, 0.1) is 5.92 Å². The van der Waals surface area contributed by atoms with Crippen molar-refractivity contribution in [1.29, 1.82) is 0 Å². The Hall–Kier alpha value is -2.29. The van der Waals surface area contributed by atoms with E-state index in [1.54, 1.807) is 0 Å². The van der Waals surface area contributed by atoms with Gasteiger partial charge < -0.3 is 9.47 Å². The smallest absolute Gasteiger partial charge is 0.172 e. The van der Waals surface area contributed by atoms with Gasteiger partial charge in [0.25, 0.3) is 0 Å². The third-order valence-corrected chi connectivity index (χ3v) is 4.19.